The van der Waals surface area contributed by atoms with Gasteiger partial charge in [0.1, 0.15) is 4.90 Å². The van der Waals surface area contributed by atoms with Gasteiger partial charge < -0.3 is 20.4 Å². The number of alkyl halides is 3. The Morgan fingerprint density at radius 3 is 2.57 bits per heavy atom. The highest BCUT2D eigenvalue weighted by molar-refractivity contribution is 7.93. The van der Waals surface area contributed by atoms with E-state index in [1.54, 1.807) is 0 Å². The van der Waals surface area contributed by atoms with Crippen LogP contribution in [0.2, 0.25) is 0 Å². The number of sulfonamides is 1. The molecule has 0 radical (unpaired) electrons. The lowest BCUT2D eigenvalue weighted by Gasteiger charge is -2.24. The third-order valence-corrected chi connectivity index (χ3v) is 7.76. The number of amides is 2. The van der Waals surface area contributed by atoms with Gasteiger partial charge in [0.25, 0.3) is 10.0 Å². The van der Waals surface area contributed by atoms with Crippen LogP contribution in [0.4, 0.5) is 29.3 Å². The number of carbonyl (C=O) groups excluding carboxylic acids is 1. The van der Waals surface area contributed by atoms with Crippen molar-refractivity contribution in [3.8, 4) is 0 Å². The molecule has 3 aromatic rings. The molecule has 1 fully saturated rings. The number of aromatic nitrogens is 2. The van der Waals surface area contributed by atoms with Crippen molar-refractivity contribution in [2.24, 2.45) is 11.7 Å². The predicted molar refractivity (Wildman–Crippen MR) is 124 cm³/mol. The molecule has 1 aliphatic rings. The van der Waals surface area contributed by atoms with E-state index in [9.17, 15) is 26.4 Å². The molecular formula is C22H24F3N5O4S. The lowest BCUT2D eigenvalue weighted by Crippen LogP contribution is -2.28. The van der Waals surface area contributed by atoms with Crippen molar-refractivity contribution in [2.45, 2.75) is 30.5 Å². The normalized spacial score (nSPS) is 15.3. The molecule has 0 aliphatic carbocycles. The molecule has 9 nitrogen and oxygen atoms in total. The van der Waals surface area contributed by atoms with Crippen LogP contribution < -0.4 is 15.4 Å². The van der Waals surface area contributed by atoms with E-state index in [0.29, 0.717) is 26.1 Å². The summed E-state index contributed by atoms with van der Waals surface area (Å²) in [4.78, 5) is 14.9. The molecule has 4 rings (SSSR count). The molecule has 1 aliphatic heterocycles. The Morgan fingerprint density at radius 1 is 1.23 bits per heavy atom. The number of primary amides is 1. The quantitative estimate of drug-likeness (QED) is 0.522. The average molecular weight is 512 g/mol. The third-order valence-electron chi connectivity index (χ3n) is 5.91. The van der Waals surface area contributed by atoms with Crippen LogP contribution in [0.3, 0.4) is 0 Å². The Bertz CT molecular complexity index is 1350. The number of nitrogens with one attached hydrogen (secondary N) is 1. The molecule has 0 spiro atoms. The van der Waals surface area contributed by atoms with Crippen LogP contribution in [0, 0.1) is 5.92 Å². The van der Waals surface area contributed by atoms with Gasteiger partial charge in [-0.25, -0.2) is 18.2 Å². The summed E-state index contributed by atoms with van der Waals surface area (Å²) in [5.41, 5.74) is 5.50. The average Bonchev–Trinajstić information content (AvgIpc) is 3.17. The van der Waals surface area contributed by atoms with E-state index in [2.05, 4.69) is 10.3 Å². The monoisotopic (exact) mass is 511 g/mol. The molecule has 0 bridgehead atoms. The number of fused-ring (bicyclic) bond motifs is 1. The molecule has 1 aromatic heterocycles. The minimum atomic E-state index is -4.68. The fourth-order valence-corrected chi connectivity index (χ4v) is 5.45. The Kier molecular flexibility index (Phi) is 6.64. The molecule has 2 aromatic carbocycles. The van der Waals surface area contributed by atoms with Gasteiger partial charge in [-0.05, 0) is 49.1 Å². The highest BCUT2D eigenvalue weighted by Crippen LogP contribution is 2.35. The second kappa shape index (κ2) is 9.38. The maximum atomic E-state index is 13.8. The van der Waals surface area contributed by atoms with E-state index >= 15 is 0 Å². The summed E-state index contributed by atoms with van der Waals surface area (Å²) >= 11 is 0. The maximum absolute atomic E-state index is 13.8. The topological polar surface area (TPSA) is 120 Å². The van der Waals surface area contributed by atoms with Crippen LogP contribution in [0.15, 0.2) is 47.4 Å². The van der Waals surface area contributed by atoms with Gasteiger partial charge in [0, 0.05) is 26.8 Å². The zero-order valence-electron chi connectivity index (χ0n) is 18.7. The molecule has 2 amide bonds. The van der Waals surface area contributed by atoms with E-state index in [1.165, 1.54) is 49.5 Å². The fraction of sp³-hybridized carbons (Fsp3) is 0.364. The third kappa shape index (κ3) is 5.05. The number of urea groups is 1. The number of carbonyl (C=O) groups is 1. The first-order valence-corrected chi connectivity index (χ1v) is 12.2. The van der Waals surface area contributed by atoms with Gasteiger partial charge >= 0.3 is 12.2 Å². The second-order valence-corrected chi connectivity index (χ2v) is 10.2. The van der Waals surface area contributed by atoms with Crippen LogP contribution in [0.1, 0.15) is 18.7 Å². The Balaban J connectivity index is 1.73. The van der Waals surface area contributed by atoms with Gasteiger partial charge in [0.2, 0.25) is 5.82 Å². The first-order chi connectivity index (χ1) is 16.5. The molecule has 13 heteroatoms. The largest absolute Gasteiger partial charge is 0.449 e. The standard InChI is InChI=1S/C22H24F3N5O4S/c1-29(35(32,33)19-5-3-2-4-16(19)28-21(26)31)15-6-7-18-17(12-15)27-20(22(23,24)25)30(18)13-14-8-10-34-11-9-14/h2-7,12,14H,8-11,13H2,1H3,(H3,26,28,31). The van der Waals surface area contributed by atoms with E-state index < -0.39 is 28.1 Å². The van der Waals surface area contributed by atoms with Crippen LogP contribution in [0.5, 0.6) is 0 Å². The molecule has 2 heterocycles. The fourth-order valence-electron chi connectivity index (χ4n) is 4.12. The van der Waals surface area contributed by atoms with Gasteiger partial charge in [-0.3, -0.25) is 4.31 Å². The molecule has 1 saturated heterocycles. The zero-order chi connectivity index (χ0) is 25.4. The molecule has 0 unspecified atom stereocenters. The van der Waals surface area contributed by atoms with Crippen molar-refractivity contribution >= 4 is 38.5 Å². The SMILES string of the molecule is CN(c1ccc2c(c1)nc(C(F)(F)F)n2CC1CCOCC1)S(=O)(=O)c1ccccc1NC(N)=O. The number of para-hydroxylation sites is 1. The number of hydrogen-bond acceptors (Lipinski definition) is 5. The lowest BCUT2D eigenvalue weighted by atomic mass is 10.0. The number of imidazole rings is 1. The number of ether oxygens (including phenoxy) is 1. The first kappa shape index (κ1) is 24.8. The predicted octanol–water partition coefficient (Wildman–Crippen LogP) is 3.80. The van der Waals surface area contributed by atoms with Crippen molar-refractivity contribution < 1.29 is 31.1 Å². The van der Waals surface area contributed by atoms with Crippen molar-refractivity contribution in [1.82, 2.24) is 9.55 Å². The highest BCUT2D eigenvalue weighted by atomic mass is 32.2. The van der Waals surface area contributed by atoms with E-state index in [0.717, 1.165) is 8.87 Å². The summed E-state index contributed by atoms with van der Waals surface area (Å²) in [5, 5.41) is 2.27. The molecule has 0 atom stereocenters. The minimum Gasteiger partial charge on any atom is -0.381 e. The van der Waals surface area contributed by atoms with Crippen molar-refractivity contribution in [1.29, 1.82) is 0 Å². The van der Waals surface area contributed by atoms with Crippen molar-refractivity contribution in [2.75, 3.05) is 29.9 Å². The molecule has 0 saturated carbocycles. The van der Waals surface area contributed by atoms with Gasteiger partial charge in [0.05, 0.1) is 22.4 Å². The highest BCUT2D eigenvalue weighted by Gasteiger charge is 2.38. The number of nitrogens with two attached hydrogens (primary N) is 1. The number of anilines is 2. The first-order valence-electron chi connectivity index (χ1n) is 10.8. The maximum Gasteiger partial charge on any atom is 0.449 e. The summed E-state index contributed by atoms with van der Waals surface area (Å²) in [7, 11) is -2.93. The summed E-state index contributed by atoms with van der Waals surface area (Å²) in [5.74, 6) is -1.02. The summed E-state index contributed by atoms with van der Waals surface area (Å²) in [6.07, 6.45) is -3.38. The molecule has 3 N–H and O–H groups in total. The lowest BCUT2D eigenvalue weighted by molar-refractivity contribution is -0.147. The van der Waals surface area contributed by atoms with Crippen LogP contribution in [-0.4, -0.2) is 44.3 Å². The van der Waals surface area contributed by atoms with E-state index in [1.807, 2.05) is 0 Å². The number of hydrogen-bond donors (Lipinski definition) is 2. The van der Waals surface area contributed by atoms with Crippen LogP contribution >= 0.6 is 0 Å². The van der Waals surface area contributed by atoms with Gasteiger partial charge in [-0.1, -0.05) is 12.1 Å². The number of benzene rings is 2. The van der Waals surface area contributed by atoms with Crippen LogP contribution in [0.25, 0.3) is 11.0 Å². The molecular weight excluding hydrogens is 487 g/mol. The second-order valence-electron chi connectivity index (χ2n) is 8.23. The van der Waals surface area contributed by atoms with Gasteiger partial charge in [-0.15, -0.1) is 0 Å². The molecule has 35 heavy (non-hydrogen) atoms. The van der Waals surface area contributed by atoms with E-state index in [-0.39, 0.29) is 39.8 Å². The Labute approximate surface area is 199 Å². The Hall–Kier alpha value is -3.32. The van der Waals surface area contributed by atoms with Crippen molar-refractivity contribution in [3.63, 3.8) is 0 Å². The summed E-state index contributed by atoms with van der Waals surface area (Å²) < 4.78 is 75.3. The Morgan fingerprint density at radius 2 is 1.91 bits per heavy atom. The van der Waals surface area contributed by atoms with Crippen molar-refractivity contribution in [3.05, 3.63) is 48.3 Å². The summed E-state index contributed by atoms with van der Waals surface area (Å²) in [6.45, 7) is 1.13. The minimum absolute atomic E-state index is 0.0132. The molecule has 188 valence electrons. The number of rotatable bonds is 6. The van der Waals surface area contributed by atoms with Crippen LogP contribution in [-0.2, 0) is 27.5 Å². The smallest absolute Gasteiger partial charge is 0.381 e. The zero-order valence-corrected chi connectivity index (χ0v) is 19.6. The van der Waals surface area contributed by atoms with E-state index in [4.69, 9.17) is 10.5 Å². The number of nitrogens with zero attached hydrogens (tertiary/aromatic N) is 3. The van der Waals surface area contributed by atoms with Gasteiger partial charge in [-0.2, -0.15) is 13.2 Å². The van der Waals surface area contributed by atoms with Gasteiger partial charge in [0.15, 0.2) is 0 Å². The number of halogens is 3. The summed E-state index contributed by atoms with van der Waals surface area (Å²) in [6, 6.07) is 8.89.